The first kappa shape index (κ1) is 23.9. The third kappa shape index (κ3) is 4.66. The van der Waals surface area contributed by atoms with Crippen molar-refractivity contribution in [1.29, 1.82) is 0 Å². The first-order chi connectivity index (χ1) is 12.4. The molecule has 0 saturated heterocycles. The van der Waals surface area contributed by atoms with Gasteiger partial charge in [0.1, 0.15) is 0 Å². The summed E-state index contributed by atoms with van der Waals surface area (Å²) in [5.74, 6) is 2.78. The molecule has 4 unspecified atom stereocenters. The maximum Gasteiger partial charge on any atom is 0.190 e. The molecule has 6 heteroatoms. The molecular weight excluding hydrogens is 342 g/mol. The van der Waals surface area contributed by atoms with Crippen LogP contribution in [0.3, 0.4) is 0 Å². The summed E-state index contributed by atoms with van der Waals surface area (Å²) < 4.78 is 0. The lowest BCUT2D eigenvalue weighted by atomic mass is 10.1. The van der Waals surface area contributed by atoms with E-state index in [-0.39, 0.29) is 16.6 Å². The lowest BCUT2D eigenvalue weighted by molar-refractivity contribution is -0.666. The van der Waals surface area contributed by atoms with Crippen molar-refractivity contribution in [3.05, 3.63) is 0 Å². The number of carbonyl (C=O) groups is 3. The van der Waals surface area contributed by atoms with Gasteiger partial charge in [0.05, 0.1) is 21.1 Å². The topological polar surface area (TPSA) is 101 Å². The summed E-state index contributed by atoms with van der Waals surface area (Å²) in [5, 5.41) is 6.12. The summed E-state index contributed by atoms with van der Waals surface area (Å²) in [6.45, 7) is 11.4. The Kier molecular flexibility index (Phi) is 7.53. The van der Waals surface area contributed by atoms with Crippen LogP contribution in [0.2, 0.25) is 0 Å². The SMILES string of the molecule is C[NH2+]C1(C(C)=O)CC1C.C[NH2+][C@@]1(C(C)=O)CC1C.C[NH2+][C@]1(C(C)=O)CC1C. The number of quaternary nitrogens is 3. The van der Waals surface area contributed by atoms with Crippen LogP contribution < -0.4 is 16.0 Å². The van der Waals surface area contributed by atoms with Gasteiger partial charge in [-0.1, -0.05) is 20.8 Å². The zero-order chi connectivity index (χ0) is 21.2. The van der Waals surface area contributed by atoms with Gasteiger partial charge in [0.2, 0.25) is 0 Å². The lowest BCUT2D eigenvalue weighted by Gasteiger charge is -2.05. The number of Topliss-reactive ketones (excluding diaryl/α,β-unsaturated/α-hetero) is 3. The summed E-state index contributed by atoms with van der Waals surface area (Å²) in [7, 11) is 5.93. The van der Waals surface area contributed by atoms with Crippen LogP contribution in [0.15, 0.2) is 0 Å². The molecule has 0 amide bonds. The predicted molar refractivity (Wildman–Crippen MR) is 105 cm³/mol. The van der Waals surface area contributed by atoms with Crippen LogP contribution in [0.4, 0.5) is 0 Å². The van der Waals surface area contributed by atoms with Crippen LogP contribution in [-0.2, 0) is 14.4 Å². The highest BCUT2D eigenvalue weighted by Crippen LogP contribution is 2.40. The highest BCUT2D eigenvalue weighted by Gasteiger charge is 2.59. The zero-order valence-corrected chi connectivity index (χ0v) is 18.8. The minimum absolute atomic E-state index is 0.0139. The quantitative estimate of drug-likeness (QED) is 0.527. The van der Waals surface area contributed by atoms with E-state index in [0.29, 0.717) is 35.1 Å². The third-order valence-corrected chi connectivity index (χ3v) is 7.60. The van der Waals surface area contributed by atoms with Crippen LogP contribution in [-0.4, -0.2) is 55.1 Å². The Balaban J connectivity index is 0.000000202. The summed E-state index contributed by atoms with van der Waals surface area (Å²) in [6, 6.07) is 0. The summed E-state index contributed by atoms with van der Waals surface area (Å²) in [6.07, 6.45) is 3.20. The van der Waals surface area contributed by atoms with E-state index >= 15 is 0 Å². The number of ketones is 3. The van der Waals surface area contributed by atoms with Crippen LogP contribution in [0.25, 0.3) is 0 Å². The van der Waals surface area contributed by atoms with Gasteiger partial charge in [0.25, 0.3) is 0 Å². The largest absolute Gasteiger partial charge is 0.337 e. The molecule has 0 radical (unpaired) electrons. The minimum atomic E-state index is -0.0139. The molecule has 0 aromatic rings. The Morgan fingerprint density at radius 1 is 0.593 bits per heavy atom. The third-order valence-electron chi connectivity index (χ3n) is 7.60. The van der Waals surface area contributed by atoms with E-state index in [1.807, 2.05) is 37.1 Å². The van der Waals surface area contributed by atoms with Crippen molar-refractivity contribution in [3.63, 3.8) is 0 Å². The van der Waals surface area contributed by atoms with Gasteiger partial charge in [-0.05, 0) is 0 Å². The number of carbonyl (C=O) groups excluding carboxylic acids is 3. The van der Waals surface area contributed by atoms with E-state index < -0.39 is 0 Å². The lowest BCUT2D eigenvalue weighted by Crippen LogP contribution is -2.91. The molecule has 156 valence electrons. The Bertz CT molecular complexity index is 500. The number of hydrogen-bond acceptors (Lipinski definition) is 3. The summed E-state index contributed by atoms with van der Waals surface area (Å²) >= 11 is 0. The monoisotopic (exact) mass is 384 g/mol. The molecular formula is C21H42N3O3+3. The van der Waals surface area contributed by atoms with E-state index in [2.05, 4.69) is 20.8 Å². The molecule has 0 aliphatic heterocycles. The summed E-state index contributed by atoms with van der Waals surface area (Å²) in [4.78, 5) is 32.8. The van der Waals surface area contributed by atoms with Gasteiger partial charge in [-0.25, -0.2) is 0 Å². The molecule has 6 nitrogen and oxygen atoms in total. The molecule has 3 aliphatic rings. The first-order valence-electron chi connectivity index (χ1n) is 10.3. The Hall–Kier alpha value is -1.11. The normalized spacial score (nSPS) is 40.6. The van der Waals surface area contributed by atoms with Crippen LogP contribution in [0, 0.1) is 17.8 Å². The van der Waals surface area contributed by atoms with Crippen LogP contribution in [0.5, 0.6) is 0 Å². The Morgan fingerprint density at radius 2 is 0.741 bits per heavy atom. The molecule has 3 rings (SSSR count). The molecule has 6 atom stereocenters. The molecule has 0 spiro atoms. The molecule has 3 saturated carbocycles. The highest BCUT2D eigenvalue weighted by molar-refractivity contribution is 5.88. The Morgan fingerprint density at radius 3 is 0.741 bits per heavy atom. The maximum absolute atomic E-state index is 10.9. The van der Waals surface area contributed by atoms with Crippen LogP contribution in [0.1, 0.15) is 60.8 Å². The number of hydrogen-bond donors (Lipinski definition) is 3. The predicted octanol–water partition coefficient (Wildman–Crippen LogP) is -1.36. The fourth-order valence-corrected chi connectivity index (χ4v) is 4.63. The molecule has 6 N–H and O–H groups in total. The molecule has 0 aromatic heterocycles. The molecule has 27 heavy (non-hydrogen) atoms. The maximum atomic E-state index is 10.9. The molecule has 0 bridgehead atoms. The fourth-order valence-electron chi connectivity index (χ4n) is 4.63. The van der Waals surface area contributed by atoms with Gasteiger partial charge >= 0.3 is 0 Å². The van der Waals surface area contributed by atoms with Crippen molar-refractivity contribution in [1.82, 2.24) is 0 Å². The van der Waals surface area contributed by atoms with Gasteiger partial charge in [0.15, 0.2) is 34.0 Å². The molecule has 0 aromatic carbocycles. The van der Waals surface area contributed by atoms with E-state index in [1.165, 1.54) is 0 Å². The van der Waals surface area contributed by atoms with Gasteiger partial charge in [-0.3, -0.25) is 14.4 Å². The van der Waals surface area contributed by atoms with Crippen molar-refractivity contribution in [3.8, 4) is 0 Å². The van der Waals surface area contributed by atoms with Gasteiger partial charge in [-0.2, -0.15) is 0 Å². The van der Waals surface area contributed by atoms with Gasteiger partial charge in [0, 0.05) is 57.8 Å². The standard InChI is InChI=1S/3C7H13NO/c3*1-5-4-7(5,8-3)6(2)9/h3*5,8H,4H2,1-3H3/p+3/t2*5?,7-;/m10./s1. The van der Waals surface area contributed by atoms with Crippen molar-refractivity contribution in [2.24, 2.45) is 17.8 Å². The second-order valence-corrected chi connectivity index (χ2v) is 8.97. The van der Waals surface area contributed by atoms with Gasteiger partial charge < -0.3 is 16.0 Å². The first-order valence-corrected chi connectivity index (χ1v) is 10.3. The van der Waals surface area contributed by atoms with Crippen LogP contribution >= 0.6 is 0 Å². The van der Waals surface area contributed by atoms with Crippen molar-refractivity contribution in [2.45, 2.75) is 77.4 Å². The molecule has 0 heterocycles. The highest BCUT2D eigenvalue weighted by atomic mass is 16.1. The van der Waals surface area contributed by atoms with E-state index in [1.54, 1.807) is 20.8 Å². The van der Waals surface area contributed by atoms with Gasteiger partial charge in [-0.15, -0.1) is 0 Å². The second-order valence-electron chi connectivity index (χ2n) is 8.97. The number of nitrogens with two attached hydrogens (primary N) is 3. The zero-order valence-electron chi connectivity index (χ0n) is 18.8. The number of likely N-dealkylation sites (N-methyl/N-ethyl adjacent to an activating group) is 3. The minimum Gasteiger partial charge on any atom is -0.337 e. The average molecular weight is 385 g/mol. The van der Waals surface area contributed by atoms with Crippen molar-refractivity contribution in [2.75, 3.05) is 21.1 Å². The smallest absolute Gasteiger partial charge is 0.190 e. The summed E-state index contributed by atoms with van der Waals surface area (Å²) in [5.41, 5.74) is -0.0417. The second kappa shape index (κ2) is 8.50. The Labute approximate surface area is 164 Å². The van der Waals surface area contributed by atoms with Crippen molar-refractivity contribution < 1.29 is 30.3 Å². The van der Waals surface area contributed by atoms with E-state index in [4.69, 9.17) is 0 Å². The molecule has 3 aliphatic carbocycles. The van der Waals surface area contributed by atoms with E-state index in [9.17, 15) is 14.4 Å². The average Bonchev–Trinajstić information content (AvgIpc) is 3.52. The van der Waals surface area contributed by atoms with Crippen molar-refractivity contribution >= 4 is 17.3 Å². The molecule has 3 fully saturated rings. The number of rotatable bonds is 6. The van der Waals surface area contributed by atoms with E-state index in [0.717, 1.165) is 19.3 Å². The fraction of sp³-hybridized carbons (Fsp3) is 0.857.